The Balaban J connectivity index is 3.30. The van der Waals surface area contributed by atoms with Crippen LogP contribution in [0.15, 0.2) is 0 Å². The highest BCUT2D eigenvalue weighted by atomic mass is 16.5. The van der Waals surface area contributed by atoms with Gasteiger partial charge in [-0.25, -0.2) is 4.79 Å². The second-order valence-electron chi connectivity index (χ2n) is 1.52. The lowest BCUT2D eigenvalue weighted by molar-refractivity contribution is -0.141. The maximum Gasteiger partial charge on any atom is 0.325 e. The van der Waals surface area contributed by atoms with Gasteiger partial charge in [-0.3, -0.25) is 4.79 Å². The zero-order chi connectivity index (χ0) is 7.98. The zero-order valence-corrected chi connectivity index (χ0v) is 5.72. The molecule has 0 saturated carbocycles. The zero-order valence-electron chi connectivity index (χ0n) is 5.72. The molecule has 0 unspecified atom stereocenters. The number of carbonyl (C=O) groups excluding carboxylic acids is 2. The van der Waals surface area contributed by atoms with E-state index in [1.54, 1.807) is 6.92 Å². The fraction of sp³-hybridized carbons (Fsp3) is 0.600. The van der Waals surface area contributed by atoms with Crippen molar-refractivity contribution in [1.82, 2.24) is 5.32 Å². The SMILES string of the molecule is CCOC(=O)C[15NH]C(N)=O. The van der Waals surface area contributed by atoms with Crippen LogP contribution in [0, 0.1) is 0 Å². The number of ether oxygens (including phenoxy) is 1. The maximum atomic E-state index is 10.5. The Morgan fingerprint density at radius 2 is 2.20 bits per heavy atom. The molecule has 0 spiro atoms. The van der Waals surface area contributed by atoms with E-state index in [9.17, 15) is 9.59 Å². The van der Waals surface area contributed by atoms with E-state index in [1.165, 1.54) is 0 Å². The van der Waals surface area contributed by atoms with Crippen LogP contribution < -0.4 is 11.1 Å². The van der Waals surface area contributed by atoms with Crippen LogP contribution in [-0.2, 0) is 9.53 Å². The van der Waals surface area contributed by atoms with Crippen LogP contribution >= 0.6 is 0 Å². The molecule has 0 bridgehead atoms. The van der Waals surface area contributed by atoms with Crippen molar-refractivity contribution in [1.29, 1.82) is 0 Å². The molecule has 0 radical (unpaired) electrons. The van der Waals surface area contributed by atoms with E-state index in [-0.39, 0.29) is 6.54 Å². The van der Waals surface area contributed by atoms with Gasteiger partial charge in [-0.1, -0.05) is 0 Å². The number of carbonyl (C=O) groups is 2. The fourth-order valence-electron chi connectivity index (χ4n) is 0.371. The molecule has 0 aliphatic carbocycles. The summed E-state index contributed by atoms with van der Waals surface area (Å²) in [5, 5.41) is 2.09. The van der Waals surface area contributed by atoms with Gasteiger partial charge >= 0.3 is 12.0 Å². The van der Waals surface area contributed by atoms with Crippen LogP contribution in [-0.4, -0.2) is 25.2 Å². The lowest BCUT2D eigenvalue weighted by atomic mass is 10.7. The lowest BCUT2D eigenvalue weighted by Gasteiger charge is -2.00. The summed E-state index contributed by atoms with van der Waals surface area (Å²) in [6.07, 6.45) is 0. The normalized spacial score (nSPS) is 8.50. The molecular formula is C5H10N2O3. The van der Waals surface area contributed by atoms with Crippen LogP contribution in [0.2, 0.25) is 0 Å². The molecule has 0 aromatic heterocycles. The van der Waals surface area contributed by atoms with Crippen molar-refractivity contribution in [3.8, 4) is 0 Å². The summed E-state index contributed by atoms with van der Waals surface area (Å²) < 4.78 is 4.48. The summed E-state index contributed by atoms with van der Waals surface area (Å²) in [5.74, 6) is -0.485. The molecule has 0 fully saturated rings. The lowest BCUT2D eigenvalue weighted by Crippen LogP contribution is -2.34. The van der Waals surface area contributed by atoms with Crippen LogP contribution in [0.4, 0.5) is 4.79 Å². The van der Waals surface area contributed by atoms with Gasteiger partial charge in [0, 0.05) is 0 Å². The first kappa shape index (κ1) is 8.74. The van der Waals surface area contributed by atoms with Crippen molar-refractivity contribution in [2.24, 2.45) is 5.73 Å². The van der Waals surface area contributed by atoms with E-state index in [0.29, 0.717) is 6.61 Å². The van der Waals surface area contributed by atoms with E-state index in [1.807, 2.05) is 0 Å². The average molecular weight is 147 g/mol. The molecule has 0 heterocycles. The third kappa shape index (κ3) is 4.89. The van der Waals surface area contributed by atoms with Crippen LogP contribution in [0.1, 0.15) is 6.92 Å². The van der Waals surface area contributed by atoms with Gasteiger partial charge in [-0.05, 0) is 6.92 Å². The van der Waals surface area contributed by atoms with Gasteiger partial charge < -0.3 is 15.8 Å². The first-order valence-electron chi connectivity index (χ1n) is 2.85. The quantitative estimate of drug-likeness (QED) is 0.405. The van der Waals surface area contributed by atoms with E-state index in [4.69, 9.17) is 0 Å². The Hall–Kier alpha value is -1.26. The molecule has 0 saturated heterocycles. The van der Waals surface area contributed by atoms with Gasteiger partial charge in [-0.15, -0.1) is 0 Å². The summed E-state index contributed by atoms with van der Waals surface area (Å²) >= 11 is 0. The van der Waals surface area contributed by atoms with Crippen molar-refractivity contribution in [2.45, 2.75) is 6.92 Å². The third-order valence-corrected chi connectivity index (χ3v) is 0.712. The van der Waals surface area contributed by atoms with E-state index in [0.717, 1.165) is 0 Å². The fourth-order valence-corrected chi connectivity index (χ4v) is 0.371. The van der Waals surface area contributed by atoms with Gasteiger partial charge in [0.15, 0.2) is 0 Å². The monoisotopic (exact) mass is 147 g/mol. The molecule has 5 nitrogen and oxygen atoms in total. The van der Waals surface area contributed by atoms with Gasteiger partial charge in [0.05, 0.1) is 6.61 Å². The molecule has 2 amide bonds. The minimum atomic E-state index is -0.729. The molecule has 0 aliphatic heterocycles. The molecule has 0 aromatic rings. The summed E-state index contributed by atoms with van der Waals surface area (Å²) in [7, 11) is 0. The second kappa shape index (κ2) is 4.60. The van der Waals surface area contributed by atoms with E-state index in [2.05, 4.69) is 15.8 Å². The first-order valence-corrected chi connectivity index (χ1v) is 2.85. The van der Waals surface area contributed by atoms with Crippen molar-refractivity contribution in [2.75, 3.05) is 13.2 Å². The number of esters is 1. The molecule has 5 heteroatoms. The topological polar surface area (TPSA) is 81.4 Å². The number of primary amides is 1. The molecule has 58 valence electrons. The Kier molecular flexibility index (Phi) is 4.02. The molecule has 10 heavy (non-hydrogen) atoms. The highest BCUT2D eigenvalue weighted by molar-refractivity contribution is 5.79. The average Bonchev–Trinajstić information content (AvgIpc) is 1.85. The van der Waals surface area contributed by atoms with E-state index < -0.39 is 12.0 Å². The summed E-state index contributed by atoms with van der Waals surface area (Å²) in [4.78, 5) is 20.5. The maximum absolute atomic E-state index is 10.5. The van der Waals surface area contributed by atoms with Gasteiger partial charge in [0.25, 0.3) is 0 Å². The van der Waals surface area contributed by atoms with Gasteiger partial charge in [0.1, 0.15) is 6.54 Å². The second-order valence-corrected chi connectivity index (χ2v) is 1.52. The largest absolute Gasteiger partial charge is 0.465 e. The molecule has 0 aromatic carbocycles. The van der Waals surface area contributed by atoms with Gasteiger partial charge in [-0.2, -0.15) is 0 Å². The van der Waals surface area contributed by atoms with Crippen LogP contribution in [0.5, 0.6) is 0 Å². The Bertz CT molecular complexity index is 135. The summed E-state index contributed by atoms with van der Waals surface area (Å²) in [6.45, 7) is 1.82. The van der Waals surface area contributed by atoms with Crippen molar-refractivity contribution < 1.29 is 14.3 Å². The predicted molar refractivity (Wildman–Crippen MR) is 34.2 cm³/mol. The van der Waals surface area contributed by atoms with Crippen molar-refractivity contribution in [3.05, 3.63) is 0 Å². The summed E-state index contributed by atoms with van der Waals surface area (Å²) in [5.41, 5.74) is 4.68. The predicted octanol–water partition coefficient (Wildman–Crippen LogP) is -0.782. The molecule has 0 rings (SSSR count). The number of amides is 2. The number of nitrogens with one attached hydrogen (secondary N) is 1. The summed E-state index contributed by atoms with van der Waals surface area (Å²) in [6, 6.07) is -0.729. The Morgan fingerprint density at radius 1 is 1.60 bits per heavy atom. The standard InChI is InChI=1S/C5H10N2O3/c1-2-10-4(8)3-7-5(6)9/h2-3H2,1H3,(H3,6,7,9)/i7+1. The Labute approximate surface area is 58.5 Å². The highest BCUT2D eigenvalue weighted by Crippen LogP contribution is 1.73. The minimum Gasteiger partial charge on any atom is -0.465 e. The number of nitrogens with two attached hydrogens (primary N) is 1. The Morgan fingerprint density at radius 3 is 2.60 bits per heavy atom. The number of hydrogen-bond donors (Lipinski definition) is 2. The van der Waals surface area contributed by atoms with E-state index >= 15 is 0 Å². The van der Waals surface area contributed by atoms with Crippen molar-refractivity contribution in [3.63, 3.8) is 0 Å². The first-order chi connectivity index (χ1) is 4.66. The minimum absolute atomic E-state index is 0.164. The van der Waals surface area contributed by atoms with Crippen molar-refractivity contribution >= 4 is 12.0 Å². The highest BCUT2D eigenvalue weighted by Gasteiger charge is 2.00. The van der Waals surface area contributed by atoms with Gasteiger partial charge in [0.2, 0.25) is 0 Å². The molecular weight excluding hydrogens is 137 g/mol. The molecule has 0 atom stereocenters. The smallest absolute Gasteiger partial charge is 0.325 e. The molecule has 0 aliphatic rings. The van der Waals surface area contributed by atoms with Crippen LogP contribution in [0.3, 0.4) is 0 Å². The molecule has 3 N–H and O–H groups in total. The third-order valence-electron chi connectivity index (χ3n) is 0.712. The number of rotatable bonds is 3. The number of hydrogen-bond acceptors (Lipinski definition) is 3. The number of urea groups is 1. The van der Waals surface area contributed by atoms with Crippen LogP contribution in [0.25, 0.3) is 0 Å².